The lowest BCUT2D eigenvalue weighted by atomic mass is 10.3. The number of rotatable bonds is 4. The molecule has 0 aliphatic rings. The number of carbonyl (C=O) groups is 1. The number of nitrogens with zero attached hydrogens (tertiary/aromatic N) is 5. The van der Waals surface area contributed by atoms with Crippen molar-refractivity contribution >= 4 is 17.6 Å². The molecule has 118 valence electrons. The second-order valence-electron chi connectivity index (χ2n) is 4.73. The largest absolute Gasteiger partial charge is 0.455 e. The molecule has 0 fully saturated rings. The molecule has 1 aromatic carbocycles. The molecule has 0 saturated carbocycles. The van der Waals surface area contributed by atoms with Crippen LogP contribution in [0.15, 0.2) is 36.8 Å². The highest BCUT2D eigenvalue weighted by atomic mass is 35.5. The van der Waals surface area contributed by atoms with E-state index in [1.54, 1.807) is 19.4 Å². The van der Waals surface area contributed by atoms with E-state index in [-0.39, 0.29) is 11.6 Å². The first-order valence-corrected chi connectivity index (χ1v) is 6.93. The first kappa shape index (κ1) is 15.2. The smallest absolute Gasteiger partial charge is 0.341 e. The number of halogens is 2. The lowest BCUT2D eigenvalue weighted by Gasteiger charge is -2.02. The Morgan fingerprint density at radius 1 is 1.39 bits per heavy atom. The number of hydrogen-bond donors (Lipinski definition) is 0. The maximum atomic E-state index is 13.0. The number of carbonyl (C=O) groups excluding carboxylic acids is 1. The minimum absolute atomic E-state index is 0.0491. The summed E-state index contributed by atoms with van der Waals surface area (Å²) in [5, 5.41) is 11.9. The van der Waals surface area contributed by atoms with Gasteiger partial charge in [-0.05, 0) is 18.2 Å². The molecule has 2 aromatic heterocycles. The van der Waals surface area contributed by atoms with Crippen molar-refractivity contribution < 1.29 is 13.9 Å². The molecule has 0 saturated heterocycles. The Kier molecular flexibility index (Phi) is 4.07. The van der Waals surface area contributed by atoms with Gasteiger partial charge in [-0.1, -0.05) is 16.8 Å². The molecular weight excluding hydrogens is 325 g/mol. The van der Waals surface area contributed by atoms with Crippen LogP contribution in [0.3, 0.4) is 0 Å². The molecule has 0 bridgehead atoms. The van der Waals surface area contributed by atoms with Crippen LogP contribution in [-0.4, -0.2) is 30.7 Å². The van der Waals surface area contributed by atoms with Crippen molar-refractivity contribution in [3.05, 3.63) is 58.9 Å². The van der Waals surface area contributed by atoms with Gasteiger partial charge in [0.25, 0.3) is 0 Å². The van der Waals surface area contributed by atoms with Gasteiger partial charge in [-0.25, -0.2) is 13.9 Å². The summed E-state index contributed by atoms with van der Waals surface area (Å²) in [6.45, 7) is -0.0491. The molecule has 0 spiro atoms. The first-order valence-electron chi connectivity index (χ1n) is 6.55. The van der Waals surface area contributed by atoms with Gasteiger partial charge in [0.2, 0.25) is 0 Å². The average Bonchev–Trinajstić information content (AvgIpc) is 3.14. The maximum Gasteiger partial charge on any atom is 0.341 e. The molecule has 23 heavy (non-hydrogen) atoms. The van der Waals surface area contributed by atoms with E-state index in [1.807, 2.05) is 0 Å². The molecule has 0 aliphatic heterocycles. The van der Waals surface area contributed by atoms with E-state index in [4.69, 9.17) is 16.3 Å². The Bertz CT molecular complexity index is 860. The summed E-state index contributed by atoms with van der Waals surface area (Å²) in [6.07, 6.45) is 4.52. The van der Waals surface area contributed by atoms with E-state index < -0.39 is 11.8 Å². The zero-order chi connectivity index (χ0) is 16.4. The summed E-state index contributed by atoms with van der Waals surface area (Å²) in [5.41, 5.74) is 1.26. The highest BCUT2D eigenvalue weighted by molar-refractivity contribution is 6.32. The summed E-state index contributed by atoms with van der Waals surface area (Å²) >= 11 is 5.96. The zero-order valence-electron chi connectivity index (χ0n) is 12.0. The Hall–Kier alpha value is -2.74. The molecule has 0 unspecified atom stereocenters. The molecule has 3 aromatic rings. The van der Waals surface area contributed by atoms with Crippen molar-refractivity contribution in [1.82, 2.24) is 24.8 Å². The topological polar surface area (TPSA) is 74.8 Å². The number of esters is 1. The van der Waals surface area contributed by atoms with Crippen molar-refractivity contribution in [1.29, 1.82) is 0 Å². The van der Waals surface area contributed by atoms with Crippen LogP contribution in [0.25, 0.3) is 5.69 Å². The van der Waals surface area contributed by atoms with E-state index >= 15 is 0 Å². The number of benzene rings is 1. The molecule has 0 atom stereocenters. The van der Waals surface area contributed by atoms with E-state index in [0.29, 0.717) is 16.9 Å². The molecule has 9 heteroatoms. The number of aromatic nitrogens is 5. The van der Waals surface area contributed by atoms with Gasteiger partial charge in [0.1, 0.15) is 18.1 Å². The Balaban J connectivity index is 1.69. The Morgan fingerprint density at radius 3 is 2.91 bits per heavy atom. The van der Waals surface area contributed by atoms with Crippen LogP contribution in [-0.2, 0) is 18.4 Å². The highest BCUT2D eigenvalue weighted by Crippen LogP contribution is 2.20. The fraction of sp³-hybridized carbons (Fsp3) is 0.143. The molecule has 0 aliphatic carbocycles. The second kappa shape index (κ2) is 6.17. The normalized spacial score (nSPS) is 10.7. The third-order valence-corrected chi connectivity index (χ3v) is 3.29. The van der Waals surface area contributed by atoms with Gasteiger partial charge in [-0.15, -0.1) is 5.10 Å². The summed E-state index contributed by atoms with van der Waals surface area (Å²) in [7, 11) is 1.70. The van der Waals surface area contributed by atoms with Crippen molar-refractivity contribution in [3.63, 3.8) is 0 Å². The summed E-state index contributed by atoms with van der Waals surface area (Å²) < 4.78 is 21.1. The van der Waals surface area contributed by atoms with Crippen LogP contribution < -0.4 is 0 Å². The third kappa shape index (κ3) is 3.37. The number of ether oxygens (including phenoxy) is 1. The summed E-state index contributed by atoms with van der Waals surface area (Å²) in [6, 6.07) is 3.93. The summed E-state index contributed by atoms with van der Waals surface area (Å²) in [5.74, 6) is -0.947. The van der Waals surface area contributed by atoms with Crippen LogP contribution in [0.4, 0.5) is 4.39 Å². The molecule has 3 rings (SSSR count). The monoisotopic (exact) mass is 335 g/mol. The van der Waals surface area contributed by atoms with Gasteiger partial charge >= 0.3 is 5.97 Å². The van der Waals surface area contributed by atoms with Crippen LogP contribution in [0.2, 0.25) is 5.02 Å². The van der Waals surface area contributed by atoms with Crippen LogP contribution >= 0.6 is 11.6 Å². The maximum absolute atomic E-state index is 13.0. The van der Waals surface area contributed by atoms with E-state index in [2.05, 4.69) is 15.4 Å². The van der Waals surface area contributed by atoms with Gasteiger partial charge in [0, 0.05) is 13.2 Å². The van der Waals surface area contributed by atoms with Gasteiger partial charge < -0.3 is 4.74 Å². The lowest BCUT2D eigenvalue weighted by molar-refractivity contribution is 0.0467. The zero-order valence-corrected chi connectivity index (χ0v) is 12.7. The molecular formula is C14H11ClFN5O2. The van der Waals surface area contributed by atoms with E-state index in [1.165, 1.54) is 33.8 Å². The fourth-order valence-electron chi connectivity index (χ4n) is 1.90. The van der Waals surface area contributed by atoms with Crippen molar-refractivity contribution in [2.24, 2.45) is 7.05 Å². The minimum Gasteiger partial charge on any atom is -0.455 e. The lowest BCUT2D eigenvalue weighted by Crippen LogP contribution is -2.04. The Labute approximate surface area is 135 Å². The quantitative estimate of drug-likeness (QED) is 0.683. The van der Waals surface area contributed by atoms with Gasteiger partial charge in [0.05, 0.1) is 28.7 Å². The van der Waals surface area contributed by atoms with E-state index in [0.717, 1.165) is 0 Å². The predicted octanol–water partition coefficient (Wildman–Crippen LogP) is 2.15. The van der Waals surface area contributed by atoms with Gasteiger partial charge in [0.15, 0.2) is 0 Å². The minimum atomic E-state index is -0.507. The fourth-order valence-corrected chi connectivity index (χ4v) is 2.15. The van der Waals surface area contributed by atoms with Crippen molar-refractivity contribution in [2.75, 3.05) is 0 Å². The van der Waals surface area contributed by atoms with Crippen LogP contribution in [0.1, 0.15) is 16.1 Å². The second-order valence-corrected chi connectivity index (χ2v) is 5.14. The van der Waals surface area contributed by atoms with Crippen molar-refractivity contribution in [3.8, 4) is 5.69 Å². The van der Waals surface area contributed by atoms with Crippen LogP contribution in [0, 0.1) is 5.82 Å². The molecule has 0 N–H and O–H groups in total. The Morgan fingerprint density at radius 2 is 2.22 bits per heavy atom. The van der Waals surface area contributed by atoms with Crippen LogP contribution in [0.5, 0.6) is 0 Å². The first-order chi connectivity index (χ1) is 11.0. The van der Waals surface area contributed by atoms with Crippen molar-refractivity contribution in [2.45, 2.75) is 6.61 Å². The number of hydrogen-bond acceptors (Lipinski definition) is 5. The van der Waals surface area contributed by atoms with E-state index in [9.17, 15) is 9.18 Å². The summed E-state index contributed by atoms with van der Waals surface area (Å²) in [4.78, 5) is 11.8. The average molecular weight is 336 g/mol. The molecule has 0 amide bonds. The molecule has 0 radical (unpaired) electrons. The standard InChI is InChI=1S/C14H11ClFN5O2/c1-20-6-9(5-17-20)14(22)23-8-11-7-21(19-18-11)13-3-2-10(16)4-12(13)15/h2-7H,8H2,1H3. The third-order valence-electron chi connectivity index (χ3n) is 2.99. The van der Waals surface area contributed by atoms with Gasteiger partial charge in [-0.3, -0.25) is 4.68 Å². The highest BCUT2D eigenvalue weighted by Gasteiger charge is 2.12. The SMILES string of the molecule is Cn1cc(C(=O)OCc2cn(-c3ccc(F)cc3Cl)nn2)cn1. The van der Waals surface area contributed by atoms with Gasteiger partial charge in [-0.2, -0.15) is 5.10 Å². The number of aryl methyl sites for hydroxylation is 1. The molecule has 2 heterocycles. The molecule has 7 nitrogen and oxygen atoms in total. The predicted molar refractivity (Wildman–Crippen MR) is 78.7 cm³/mol.